The Hall–Kier alpha value is -2.56. The molecule has 0 aliphatic heterocycles. The predicted molar refractivity (Wildman–Crippen MR) is 94.6 cm³/mol. The molecule has 0 radical (unpaired) electrons. The number of carboxylic acids is 1. The van der Waals surface area contributed by atoms with E-state index in [2.05, 4.69) is 0 Å². The molecular weight excluding hydrogens is 306 g/mol. The zero-order chi connectivity index (χ0) is 18.1. The lowest BCUT2D eigenvalue weighted by molar-refractivity contribution is -0.138. The number of aliphatic carboxylic acids is 1. The fourth-order valence-corrected chi connectivity index (χ4v) is 2.55. The van der Waals surface area contributed by atoms with Crippen LogP contribution in [-0.4, -0.2) is 29.8 Å². The summed E-state index contributed by atoms with van der Waals surface area (Å²) in [4.78, 5) is 25.4. The molecule has 0 spiro atoms. The zero-order valence-electron chi connectivity index (χ0n) is 14.7. The molecule has 5 heteroatoms. The van der Waals surface area contributed by atoms with E-state index >= 15 is 0 Å². The molecule has 0 saturated heterocycles. The van der Waals surface area contributed by atoms with Crippen LogP contribution in [0.2, 0.25) is 0 Å². The van der Waals surface area contributed by atoms with Gasteiger partial charge in [-0.2, -0.15) is 0 Å². The molecule has 1 amide bonds. The third-order valence-corrected chi connectivity index (χ3v) is 3.77. The van der Waals surface area contributed by atoms with Gasteiger partial charge in [-0.25, -0.2) is 4.79 Å². The molecule has 2 rings (SSSR count). The van der Waals surface area contributed by atoms with E-state index in [0.29, 0.717) is 11.3 Å². The van der Waals surface area contributed by atoms with Crippen molar-refractivity contribution in [2.45, 2.75) is 39.2 Å². The fraction of sp³-hybridized carbons (Fsp3) is 0.368. The van der Waals surface area contributed by atoms with Gasteiger partial charge in [-0.3, -0.25) is 9.69 Å². The second-order valence-electron chi connectivity index (χ2n) is 6.82. The van der Waals surface area contributed by atoms with Gasteiger partial charge in [0.05, 0.1) is 11.6 Å². The number of amides is 1. The minimum absolute atomic E-state index is 0.516. The molecule has 0 bridgehead atoms. The van der Waals surface area contributed by atoms with Crippen LogP contribution in [0.5, 0.6) is 0 Å². The molecule has 1 atom stereocenters. The normalized spacial score (nSPS) is 12.7. The van der Waals surface area contributed by atoms with Gasteiger partial charge in [0.1, 0.15) is 5.60 Å². The van der Waals surface area contributed by atoms with Crippen LogP contribution < -0.4 is 4.90 Å². The van der Waals surface area contributed by atoms with Crippen LogP contribution in [-0.2, 0) is 9.53 Å². The topological polar surface area (TPSA) is 66.8 Å². The van der Waals surface area contributed by atoms with E-state index in [9.17, 15) is 14.7 Å². The van der Waals surface area contributed by atoms with Crippen LogP contribution in [0.3, 0.4) is 0 Å². The number of benzene rings is 2. The maximum Gasteiger partial charge on any atom is 0.414 e. The first-order chi connectivity index (χ1) is 11.1. The number of hydrogen-bond acceptors (Lipinski definition) is 3. The number of carbonyl (C=O) groups excluding carboxylic acids is 1. The van der Waals surface area contributed by atoms with Crippen molar-refractivity contribution in [3.05, 3.63) is 42.0 Å². The lowest BCUT2D eigenvalue weighted by Crippen LogP contribution is -2.35. The summed E-state index contributed by atoms with van der Waals surface area (Å²) in [6.45, 7) is 6.99. The molecule has 128 valence electrons. The molecule has 0 heterocycles. The van der Waals surface area contributed by atoms with Gasteiger partial charge in [-0.05, 0) is 38.6 Å². The van der Waals surface area contributed by atoms with Gasteiger partial charge >= 0.3 is 12.1 Å². The molecular formula is C19H23NO4. The molecule has 0 aromatic heterocycles. The molecule has 0 aliphatic carbocycles. The third-order valence-electron chi connectivity index (χ3n) is 3.77. The van der Waals surface area contributed by atoms with E-state index in [4.69, 9.17) is 4.74 Å². The van der Waals surface area contributed by atoms with Gasteiger partial charge in [0.2, 0.25) is 0 Å². The molecule has 0 saturated carbocycles. The van der Waals surface area contributed by atoms with Crippen molar-refractivity contribution >= 4 is 28.5 Å². The minimum Gasteiger partial charge on any atom is -0.481 e. The summed E-state index contributed by atoms with van der Waals surface area (Å²) in [5, 5.41) is 11.2. The molecule has 0 aliphatic rings. The Morgan fingerprint density at radius 3 is 2.33 bits per heavy atom. The lowest BCUT2D eigenvalue weighted by Gasteiger charge is -2.27. The second-order valence-corrected chi connectivity index (χ2v) is 6.82. The van der Waals surface area contributed by atoms with Gasteiger partial charge in [-0.15, -0.1) is 0 Å². The molecule has 2 aromatic rings. The number of carbonyl (C=O) groups is 2. The maximum atomic E-state index is 12.5. The highest BCUT2D eigenvalue weighted by atomic mass is 16.6. The Morgan fingerprint density at radius 2 is 1.75 bits per heavy atom. The van der Waals surface area contributed by atoms with Crippen molar-refractivity contribution in [2.24, 2.45) is 0 Å². The van der Waals surface area contributed by atoms with E-state index in [0.717, 1.165) is 10.8 Å². The zero-order valence-corrected chi connectivity index (χ0v) is 14.7. The van der Waals surface area contributed by atoms with E-state index in [-0.39, 0.29) is 0 Å². The van der Waals surface area contributed by atoms with Crippen LogP contribution in [0.25, 0.3) is 10.8 Å². The lowest BCUT2D eigenvalue weighted by atomic mass is 9.94. The summed E-state index contributed by atoms with van der Waals surface area (Å²) in [6.07, 6.45) is -0.516. The summed E-state index contributed by atoms with van der Waals surface area (Å²) in [5.41, 5.74) is 0.515. The first kappa shape index (κ1) is 17.8. The molecule has 0 fully saturated rings. The van der Waals surface area contributed by atoms with Crippen LogP contribution in [0.15, 0.2) is 36.4 Å². The van der Waals surface area contributed by atoms with Crippen molar-refractivity contribution in [1.82, 2.24) is 0 Å². The number of carboxylic acid groups (broad SMARTS) is 1. The van der Waals surface area contributed by atoms with Crippen molar-refractivity contribution in [3.8, 4) is 0 Å². The maximum absolute atomic E-state index is 12.5. The molecule has 0 unspecified atom stereocenters. The molecule has 24 heavy (non-hydrogen) atoms. The van der Waals surface area contributed by atoms with Gasteiger partial charge in [0.25, 0.3) is 0 Å². The number of fused-ring (bicyclic) bond motifs is 1. The van der Waals surface area contributed by atoms with Gasteiger partial charge in [0.15, 0.2) is 0 Å². The largest absolute Gasteiger partial charge is 0.481 e. The number of anilines is 1. The number of ether oxygens (including phenoxy) is 1. The Labute approximate surface area is 141 Å². The Bertz CT molecular complexity index is 777. The van der Waals surface area contributed by atoms with Crippen LogP contribution >= 0.6 is 0 Å². The van der Waals surface area contributed by atoms with Crippen molar-refractivity contribution in [3.63, 3.8) is 0 Å². The van der Waals surface area contributed by atoms with E-state index < -0.39 is 23.6 Å². The quantitative estimate of drug-likeness (QED) is 0.906. The SMILES string of the molecule is C[C@@H](C(=O)O)c1ccc2ccccc2c1N(C)C(=O)OC(C)(C)C. The highest BCUT2D eigenvalue weighted by Gasteiger charge is 2.27. The van der Waals surface area contributed by atoms with Gasteiger partial charge < -0.3 is 9.84 Å². The van der Waals surface area contributed by atoms with Gasteiger partial charge in [0, 0.05) is 12.4 Å². The molecule has 5 nitrogen and oxygen atoms in total. The summed E-state index contributed by atoms with van der Waals surface area (Å²) in [7, 11) is 1.61. The summed E-state index contributed by atoms with van der Waals surface area (Å²) >= 11 is 0. The standard InChI is InChI=1S/C19H23NO4/c1-12(17(21)22)14-11-10-13-8-6-7-9-15(13)16(14)20(5)18(23)24-19(2,3)4/h6-12H,1-5H3,(H,21,22)/t12-/m1/s1. The monoisotopic (exact) mass is 329 g/mol. The smallest absolute Gasteiger partial charge is 0.414 e. The van der Waals surface area contributed by atoms with Crippen LogP contribution in [0, 0.1) is 0 Å². The van der Waals surface area contributed by atoms with Crippen molar-refractivity contribution in [2.75, 3.05) is 11.9 Å². The fourth-order valence-electron chi connectivity index (χ4n) is 2.55. The molecule has 1 N–H and O–H groups in total. The van der Waals surface area contributed by atoms with E-state index in [1.807, 2.05) is 30.3 Å². The number of nitrogens with zero attached hydrogens (tertiary/aromatic N) is 1. The highest BCUT2D eigenvalue weighted by molar-refractivity contribution is 6.04. The second kappa shape index (κ2) is 6.51. The van der Waals surface area contributed by atoms with Crippen LogP contribution in [0.1, 0.15) is 39.2 Å². The summed E-state index contributed by atoms with van der Waals surface area (Å²) < 4.78 is 5.44. The first-order valence-electron chi connectivity index (χ1n) is 7.83. The third kappa shape index (κ3) is 3.67. The average Bonchev–Trinajstić information content (AvgIpc) is 2.50. The number of rotatable bonds is 3. The van der Waals surface area contributed by atoms with Crippen molar-refractivity contribution in [1.29, 1.82) is 0 Å². The summed E-state index contributed by atoms with van der Waals surface area (Å²) in [6, 6.07) is 11.2. The van der Waals surface area contributed by atoms with E-state index in [1.54, 1.807) is 40.8 Å². The Balaban J connectivity index is 2.62. The Kier molecular flexibility index (Phi) is 4.83. The first-order valence-corrected chi connectivity index (χ1v) is 7.83. The molecule has 2 aromatic carbocycles. The highest BCUT2D eigenvalue weighted by Crippen LogP contribution is 2.35. The van der Waals surface area contributed by atoms with E-state index in [1.165, 1.54) is 4.90 Å². The number of hydrogen-bond donors (Lipinski definition) is 1. The average molecular weight is 329 g/mol. The minimum atomic E-state index is -0.941. The Morgan fingerprint density at radius 1 is 1.12 bits per heavy atom. The van der Waals surface area contributed by atoms with Crippen LogP contribution in [0.4, 0.5) is 10.5 Å². The van der Waals surface area contributed by atoms with Gasteiger partial charge in [-0.1, -0.05) is 36.4 Å². The van der Waals surface area contributed by atoms with Crippen molar-refractivity contribution < 1.29 is 19.4 Å². The predicted octanol–water partition coefficient (Wildman–Crippen LogP) is 4.40. The summed E-state index contributed by atoms with van der Waals surface area (Å²) in [5.74, 6) is -1.68.